The monoisotopic (exact) mass is 565 g/mol. The standard InChI is InChI=1S/C27H29Cl2F6N2/c1-25(19-7-8-23(28)24(29)16-19,37-11-9-36(10-12-37)22-5-3-2-4-6-22)17-18-13-20(26(30,31)32)15-21(14-18)27(33,34)35/h7-8,13-16,22H,1-6,9-12,17H2. The van der Waals surface area contributed by atoms with E-state index in [9.17, 15) is 26.3 Å². The number of benzene rings is 2. The molecule has 10 heteroatoms. The molecule has 2 nitrogen and oxygen atoms in total. The zero-order chi connectivity index (χ0) is 27.0. The van der Waals surface area contributed by atoms with Crippen LogP contribution in [0.2, 0.25) is 10.0 Å². The Morgan fingerprint density at radius 1 is 0.730 bits per heavy atom. The SMILES string of the molecule is [CH2]C(Cc1cc(C(F)(F)F)cc(C(F)(F)F)c1)(c1ccc(Cl)c(Cl)c1)N1CCN(C2CCCCC2)CC1. The van der Waals surface area contributed by atoms with Gasteiger partial charge in [-0.05, 0) is 67.6 Å². The molecule has 0 spiro atoms. The number of alkyl halides is 6. The van der Waals surface area contributed by atoms with Gasteiger partial charge in [0.1, 0.15) is 0 Å². The average Bonchev–Trinajstić information content (AvgIpc) is 2.85. The predicted octanol–water partition coefficient (Wildman–Crippen LogP) is 8.25. The molecule has 1 unspecified atom stereocenters. The normalized spacial score (nSPS) is 20.7. The molecule has 1 saturated heterocycles. The Kier molecular flexibility index (Phi) is 8.44. The second-order valence-electron chi connectivity index (χ2n) is 10.1. The summed E-state index contributed by atoms with van der Waals surface area (Å²) in [6.45, 7) is 7.04. The van der Waals surface area contributed by atoms with Gasteiger partial charge in [0.05, 0.1) is 26.7 Å². The first-order valence-electron chi connectivity index (χ1n) is 12.4. The Morgan fingerprint density at radius 2 is 1.30 bits per heavy atom. The molecule has 37 heavy (non-hydrogen) atoms. The van der Waals surface area contributed by atoms with Crippen LogP contribution in [0.15, 0.2) is 36.4 Å². The molecule has 1 saturated carbocycles. The molecule has 0 amide bonds. The average molecular weight is 566 g/mol. The van der Waals surface area contributed by atoms with Crippen LogP contribution in [0.5, 0.6) is 0 Å². The number of piperazine rings is 1. The molecule has 2 aromatic rings. The van der Waals surface area contributed by atoms with E-state index in [4.69, 9.17) is 23.2 Å². The van der Waals surface area contributed by atoms with Gasteiger partial charge in [0.2, 0.25) is 0 Å². The second-order valence-corrected chi connectivity index (χ2v) is 10.9. The van der Waals surface area contributed by atoms with E-state index in [2.05, 4.69) is 11.8 Å². The molecule has 0 bridgehead atoms. The molecule has 4 rings (SSSR count). The van der Waals surface area contributed by atoms with Gasteiger partial charge in [-0.2, -0.15) is 26.3 Å². The van der Waals surface area contributed by atoms with Crippen LogP contribution in [0.4, 0.5) is 26.3 Å². The van der Waals surface area contributed by atoms with E-state index in [1.165, 1.54) is 19.3 Å². The molecular weight excluding hydrogens is 537 g/mol. The van der Waals surface area contributed by atoms with E-state index < -0.39 is 29.0 Å². The van der Waals surface area contributed by atoms with Crippen molar-refractivity contribution >= 4 is 23.2 Å². The van der Waals surface area contributed by atoms with Crippen molar-refractivity contribution in [1.29, 1.82) is 0 Å². The van der Waals surface area contributed by atoms with Crippen molar-refractivity contribution in [2.24, 2.45) is 0 Å². The zero-order valence-corrected chi connectivity index (χ0v) is 21.7. The number of nitrogens with zero attached hydrogens (tertiary/aromatic N) is 2. The fourth-order valence-corrected chi connectivity index (χ4v) is 5.90. The molecule has 0 aromatic heterocycles. The highest BCUT2D eigenvalue weighted by Crippen LogP contribution is 2.40. The number of hydrogen-bond donors (Lipinski definition) is 0. The summed E-state index contributed by atoms with van der Waals surface area (Å²) in [6.07, 6.45) is -4.08. The Labute approximate surface area is 223 Å². The van der Waals surface area contributed by atoms with E-state index in [1.807, 2.05) is 4.90 Å². The third-order valence-electron chi connectivity index (χ3n) is 7.61. The molecule has 1 radical (unpaired) electrons. The van der Waals surface area contributed by atoms with Crippen LogP contribution in [0.1, 0.15) is 54.4 Å². The summed E-state index contributed by atoms with van der Waals surface area (Å²) in [6, 6.07) is 7.09. The molecule has 203 valence electrons. The van der Waals surface area contributed by atoms with Gasteiger partial charge in [-0.15, -0.1) is 0 Å². The first-order chi connectivity index (χ1) is 17.3. The van der Waals surface area contributed by atoms with Gasteiger partial charge in [0, 0.05) is 32.2 Å². The molecule has 2 fully saturated rings. The van der Waals surface area contributed by atoms with Gasteiger partial charge in [0.25, 0.3) is 0 Å². The number of hydrogen-bond acceptors (Lipinski definition) is 2. The molecular formula is C27H29Cl2F6N2. The van der Waals surface area contributed by atoms with Gasteiger partial charge < -0.3 is 0 Å². The van der Waals surface area contributed by atoms with E-state index in [0.717, 1.165) is 38.1 Å². The van der Waals surface area contributed by atoms with Crippen LogP contribution in [-0.4, -0.2) is 42.0 Å². The van der Waals surface area contributed by atoms with Crippen LogP contribution >= 0.6 is 23.2 Å². The van der Waals surface area contributed by atoms with Gasteiger partial charge in [-0.3, -0.25) is 9.80 Å². The largest absolute Gasteiger partial charge is 0.416 e. The fraction of sp³-hybridized carbons (Fsp3) is 0.519. The second kappa shape index (κ2) is 10.9. The lowest BCUT2D eigenvalue weighted by atomic mass is 9.82. The maximum atomic E-state index is 13.5. The van der Waals surface area contributed by atoms with Crippen LogP contribution in [0, 0.1) is 6.92 Å². The molecule has 1 heterocycles. The summed E-state index contributed by atoms with van der Waals surface area (Å²) in [5.74, 6) is 0. The molecule has 2 aromatic carbocycles. The topological polar surface area (TPSA) is 6.48 Å². The highest BCUT2D eigenvalue weighted by Gasteiger charge is 2.41. The molecule has 0 N–H and O–H groups in total. The van der Waals surface area contributed by atoms with E-state index in [1.54, 1.807) is 18.2 Å². The minimum Gasteiger partial charge on any atom is -0.298 e. The Hall–Kier alpha value is -1.48. The Morgan fingerprint density at radius 3 is 1.81 bits per heavy atom. The van der Waals surface area contributed by atoms with Crippen molar-refractivity contribution in [2.45, 2.75) is 62.5 Å². The summed E-state index contributed by atoms with van der Waals surface area (Å²) in [5.41, 5.74) is -3.34. The van der Waals surface area contributed by atoms with Crippen LogP contribution in [-0.2, 0) is 24.3 Å². The van der Waals surface area contributed by atoms with Crippen molar-refractivity contribution in [3.8, 4) is 0 Å². The summed E-state index contributed by atoms with van der Waals surface area (Å²) in [4.78, 5) is 4.48. The number of rotatable bonds is 5. The quantitative estimate of drug-likeness (QED) is 0.337. The minimum absolute atomic E-state index is 0.0991. The number of halogens is 8. The molecule has 1 aliphatic carbocycles. The lowest BCUT2D eigenvalue weighted by molar-refractivity contribution is -0.143. The highest BCUT2D eigenvalue weighted by atomic mass is 35.5. The third-order valence-corrected chi connectivity index (χ3v) is 8.35. The van der Waals surface area contributed by atoms with E-state index in [0.29, 0.717) is 29.7 Å². The first kappa shape index (κ1) is 28.5. The van der Waals surface area contributed by atoms with Crippen molar-refractivity contribution in [3.63, 3.8) is 0 Å². The summed E-state index contributed by atoms with van der Waals surface area (Å²) >= 11 is 12.4. The van der Waals surface area contributed by atoms with Crippen molar-refractivity contribution in [2.75, 3.05) is 26.2 Å². The van der Waals surface area contributed by atoms with Crippen molar-refractivity contribution in [3.05, 3.63) is 75.6 Å². The first-order valence-corrected chi connectivity index (χ1v) is 13.1. The Balaban J connectivity index is 1.69. The smallest absolute Gasteiger partial charge is 0.298 e. The molecule has 1 atom stereocenters. The summed E-state index contributed by atoms with van der Waals surface area (Å²) in [7, 11) is 0. The Bertz CT molecular complexity index is 1060. The molecule has 1 aliphatic heterocycles. The van der Waals surface area contributed by atoms with Crippen molar-refractivity contribution < 1.29 is 26.3 Å². The predicted molar refractivity (Wildman–Crippen MR) is 134 cm³/mol. The van der Waals surface area contributed by atoms with E-state index >= 15 is 0 Å². The maximum absolute atomic E-state index is 13.5. The van der Waals surface area contributed by atoms with Gasteiger partial charge in [-0.25, -0.2) is 0 Å². The van der Waals surface area contributed by atoms with Crippen molar-refractivity contribution in [1.82, 2.24) is 9.80 Å². The maximum Gasteiger partial charge on any atom is 0.416 e. The fourth-order valence-electron chi connectivity index (χ4n) is 5.60. The van der Waals surface area contributed by atoms with Gasteiger partial charge >= 0.3 is 12.4 Å². The lowest BCUT2D eigenvalue weighted by Gasteiger charge is -2.48. The van der Waals surface area contributed by atoms with Crippen LogP contribution in [0.25, 0.3) is 0 Å². The summed E-state index contributed by atoms with van der Waals surface area (Å²) < 4.78 is 81.2. The summed E-state index contributed by atoms with van der Waals surface area (Å²) in [5, 5.41) is 0.543. The third kappa shape index (κ3) is 6.57. The van der Waals surface area contributed by atoms with Crippen LogP contribution < -0.4 is 0 Å². The van der Waals surface area contributed by atoms with E-state index in [-0.39, 0.29) is 23.1 Å². The lowest BCUT2D eigenvalue weighted by Crippen LogP contribution is -2.57. The highest BCUT2D eigenvalue weighted by molar-refractivity contribution is 6.42. The zero-order valence-electron chi connectivity index (χ0n) is 20.2. The van der Waals surface area contributed by atoms with Gasteiger partial charge in [0.15, 0.2) is 0 Å². The molecule has 2 aliphatic rings. The minimum atomic E-state index is -4.92. The van der Waals surface area contributed by atoms with Crippen LogP contribution in [0.3, 0.4) is 0 Å². The van der Waals surface area contributed by atoms with Gasteiger partial charge in [-0.1, -0.05) is 48.5 Å².